The van der Waals surface area contributed by atoms with Crippen molar-refractivity contribution in [3.8, 4) is 0 Å². The molecule has 0 bridgehead atoms. The van der Waals surface area contributed by atoms with Crippen LogP contribution >= 0.6 is 11.8 Å². The van der Waals surface area contributed by atoms with E-state index in [0.717, 1.165) is 4.90 Å². The molecule has 0 heterocycles. The Hall–Kier alpha value is -2.01. The quantitative estimate of drug-likeness (QED) is 0.670. The molecule has 0 aliphatic heterocycles. The number of nitrogens with one attached hydrogen (secondary N) is 1. The Morgan fingerprint density at radius 1 is 1.25 bits per heavy atom. The number of benzene rings is 2. The van der Waals surface area contributed by atoms with Gasteiger partial charge in [-0.3, -0.25) is 4.79 Å². The highest BCUT2D eigenvalue weighted by atomic mass is 32.2. The zero-order valence-electron chi connectivity index (χ0n) is 11.0. The maximum Gasteiger partial charge on any atom is 0.234 e. The van der Waals surface area contributed by atoms with E-state index < -0.39 is 5.82 Å². The van der Waals surface area contributed by atoms with Crippen LogP contribution in [0.2, 0.25) is 0 Å². The van der Waals surface area contributed by atoms with E-state index in [0.29, 0.717) is 5.69 Å². The second-order valence-electron chi connectivity index (χ2n) is 4.38. The fourth-order valence-corrected chi connectivity index (χ4v) is 2.32. The molecule has 0 saturated carbocycles. The third-order valence-electron chi connectivity index (χ3n) is 2.68. The molecule has 0 atom stereocenters. The molecule has 1 amide bonds. The van der Waals surface area contributed by atoms with Crippen molar-refractivity contribution in [2.45, 2.75) is 11.8 Å². The molecule has 2 rings (SSSR count). The van der Waals surface area contributed by atoms with Gasteiger partial charge in [-0.25, -0.2) is 4.39 Å². The standard InChI is InChI=1S/C15H15FN2OS/c1-10-2-5-12(6-3-10)20-9-15(19)18-14-7-4-11(16)8-13(14)17/h2-8H,9,17H2,1H3,(H,18,19). The van der Waals surface area contributed by atoms with Crippen LogP contribution in [0.4, 0.5) is 15.8 Å². The van der Waals surface area contributed by atoms with E-state index in [1.54, 1.807) is 0 Å². The van der Waals surface area contributed by atoms with Crippen molar-refractivity contribution in [1.82, 2.24) is 0 Å². The van der Waals surface area contributed by atoms with Crippen LogP contribution in [-0.2, 0) is 4.79 Å². The topological polar surface area (TPSA) is 55.1 Å². The third-order valence-corrected chi connectivity index (χ3v) is 3.69. The monoisotopic (exact) mass is 290 g/mol. The zero-order chi connectivity index (χ0) is 14.5. The van der Waals surface area contributed by atoms with E-state index in [-0.39, 0.29) is 17.3 Å². The maximum absolute atomic E-state index is 12.9. The SMILES string of the molecule is Cc1ccc(SCC(=O)Nc2ccc(F)cc2N)cc1. The van der Waals surface area contributed by atoms with Crippen LogP contribution in [0.15, 0.2) is 47.4 Å². The van der Waals surface area contributed by atoms with Gasteiger partial charge in [-0.1, -0.05) is 17.7 Å². The summed E-state index contributed by atoms with van der Waals surface area (Å²) in [5.74, 6) is -0.316. The average Bonchev–Trinajstić information content (AvgIpc) is 2.41. The van der Waals surface area contributed by atoms with E-state index in [1.807, 2.05) is 31.2 Å². The molecule has 0 spiro atoms. The van der Waals surface area contributed by atoms with Gasteiger partial charge in [-0.2, -0.15) is 0 Å². The number of carbonyl (C=O) groups excluding carboxylic acids is 1. The molecular weight excluding hydrogens is 275 g/mol. The minimum atomic E-state index is -0.422. The second-order valence-corrected chi connectivity index (χ2v) is 5.43. The number of anilines is 2. The Labute approximate surface area is 121 Å². The van der Waals surface area contributed by atoms with Crippen molar-refractivity contribution in [1.29, 1.82) is 0 Å². The largest absolute Gasteiger partial charge is 0.397 e. The Morgan fingerprint density at radius 2 is 1.95 bits per heavy atom. The molecule has 2 aromatic rings. The molecule has 3 nitrogen and oxygen atoms in total. The number of amides is 1. The lowest BCUT2D eigenvalue weighted by atomic mass is 10.2. The van der Waals surface area contributed by atoms with Crippen molar-refractivity contribution < 1.29 is 9.18 Å². The van der Waals surface area contributed by atoms with Gasteiger partial charge < -0.3 is 11.1 Å². The molecule has 0 unspecified atom stereocenters. The molecule has 0 fully saturated rings. The lowest BCUT2D eigenvalue weighted by Crippen LogP contribution is -2.15. The number of hydrogen-bond donors (Lipinski definition) is 2. The van der Waals surface area contributed by atoms with E-state index >= 15 is 0 Å². The summed E-state index contributed by atoms with van der Waals surface area (Å²) in [6.07, 6.45) is 0. The van der Waals surface area contributed by atoms with E-state index in [4.69, 9.17) is 5.73 Å². The number of nitrogen functional groups attached to an aromatic ring is 1. The Balaban J connectivity index is 1.90. The van der Waals surface area contributed by atoms with Gasteiger partial charge in [0.25, 0.3) is 0 Å². The van der Waals surface area contributed by atoms with Crippen molar-refractivity contribution in [2.24, 2.45) is 0 Å². The first-order valence-corrected chi connectivity index (χ1v) is 7.07. The van der Waals surface area contributed by atoms with Gasteiger partial charge in [0.05, 0.1) is 17.1 Å². The lowest BCUT2D eigenvalue weighted by molar-refractivity contribution is -0.113. The highest BCUT2D eigenvalue weighted by molar-refractivity contribution is 8.00. The number of thioether (sulfide) groups is 1. The summed E-state index contributed by atoms with van der Waals surface area (Å²) in [7, 11) is 0. The van der Waals surface area contributed by atoms with Gasteiger partial charge in [-0.15, -0.1) is 11.8 Å². The highest BCUT2D eigenvalue weighted by Gasteiger charge is 2.06. The fraction of sp³-hybridized carbons (Fsp3) is 0.133. The molecule has 0 aromatic heterocycles. The molecule has 5 heteroatoms. The number of nitrogens with two attached hydrogens (primary N) is 1. The van der Waals surface area contributed by atoms with Crippen molar-refractivity contribution in [3.63, 3.8) is 0 Å². The summed E-state index contributed by atoms with van der Waals surface area (Å²) >= 11 is 1.44. The Morgan fingerprint density at radius 3 is 2.60 bits per heavy atom. The van der Waals surface area contributed by atoms with Crippen LogP contribution in [-0.4, -0.2) is 11.7 Å². The molecule has 0 saturated heterocycles. The lowest BCUT2D eigenvalue weighted by Gasteiger charge is -2.08. The Kier molecular flexibility index (Phi) is 4.63. The third kappa shape index (κ3) is 3.99. The molecule has 2 aromatic carbocycles. The molecular formula is C15H15FN2OS. The van der Waals surface area contributed by atoms with Gasteiger partial charge in [-0.05, 0) is 37.3 Å². The predicted octanol–water partition coefficient (Wildman–Crippen LogP) is 3.45. The first-order valence-electron chi connectivity index (χ1n) is 6.09. The van der Waals surface area contributed by atoms with Crippen LogP contribution in [0.3, 0.4) is 0 Å². The zero-order valence-corrected chi connectivity index (χ0v) is 11.8. The number of hydrogen-bond acceptors (Lipinski definition) is 3. The predicted molar refractivity (Wildman–Crippen MR) is 81.3 cm³/mol. The summed E-state index contributed by atoms with van der Waals surface area (Å²) < 4.78 is 12.9. The van der Waals surface area contributed by atoms with Crippen molar-refractivity contribution in [2.75, 3.05) is 16.8 Å². The van der Waals surface area contributed by atoms with Crippen molar-refractivity contribution >= 4 is 29.0 Å². The van der Waals surface area contributed by atoms with Crippen molar-refractivity contribution in [3.05, 3.63) is 53.8 Å². The normalized spacial score (nSPS) is 10.3. The first-order chi connectivity index (χ1) is 9.54. The van der Waals surface area contributed by atoms with Gasteiger partial charge in [0, 0.05) is 4.90 Å². The van der Waals surface area contributed by atoms with E-state index in [9.17, 15) is 9.18 Å². The van der Waals surface area contributed by atoms with Gasteiger partial charge in [0.2, 0.25) is 5.91 Å². The summed E-state index contributed by atoms with van der Waals surface area (Å²) in [5, 5.41) is 2.67. The summed E-state index contributed by atoms with van der Waals surface area (Å²) in [6, 6.07) is 11.8. The maximum atomic E-state index is 12.9. The minimum Gasteiger partial charge on any atom is -0.397 e. The number of aryl methyl sites for hydroxylation is 1. The first kappa shape index (κ1) is 14.4. The van der Waals surface area contributed by atoms with Gasteiger partial charge in [0.1, 0.15) is 5.82 Å². The van der Waals surface area contributed by atoms with E-state index in [1.165, 1.54) is 35.5 Å². The van der Waals surface area contributed by atoms with Crippen LogP contribution in [0.1, 0.15) is 5.56 Å². The average molecular weight is 290 g/mol. The second kappa shape index (κ2) is 6.43. The van der Waals surface area contributed by atoms with E-state index in [2.05, 4.69) is 5.32 Å². The van der Waals surface area contributed by atoms with Crippen LogP contribution < -0.4 is 11.1 Å². The van der Waals surface area contributed by atoms with Gasteiger partial charge >= 0.3 is 0 Å². The summed E-state index contributed by atoms with van der Waals surface area (Å²) in [6.45, 7) is 2.01. The highest BCUT2D eigenvalue weighted by Crippen LogP contribution is 2.21. The fourth-order valence-electron chi connectivity index (χ4n) is 1.62. The Bertz CT molecular complexity index is 614. The number of halogens is 1. The summed E-state index contributed by atoms with van der Waals surface area (Å²) in [4.78, 5) is 12.8. The smallest absolute Gasteiger partial charge is 0.234 e. The minimum absolute atomic E-state index is 0.172. The number of rotatable bonds is 4. The molecule has 3 N–H and O–H groups in total. The van der Waals surface area contributed by atoms with Gasteiger partial charge in [0.15, 0.2) is 0 Å². The molecule has 104 valence electrons. The number of carbonyl (C=O) groups is 1. The van der Waals surface area contributed by atoms with Crippen LogP contribution in [0, 0.1) is 12.7 Å². The van der Waals surface area contributed by atoms with Crippen LogP contribution in [0.5, 0.6) is 0 Å². The summed E-state index contributed by atoms with van der Waals surface area (Å²) in [5.41, 5.74) is 7.46. The van der Waals surface area contributed by atoms with Crippen LogP contribution in [0.25, 0.3) is 0 Å². The molecule has 0 radical (unpaired) electrons. The molecule has 0 aliphatic carbocycles. The molecule has 20 heavy (non-hydrogen) atoms. The molecule has 0 aliphatic rings.